The number of ether oxygens (including phenoxy) is 1. The molecule has 0 spiro atoms. The molecule has 0 radical (unpaired) electrons. The first-order chi connectivity index (χ1) is 8.22. The fourth-order valence-corrected chi connectivity index (χ4v) is 2.97. The van der Waals surface area contributed by atoms with Crippen molar-refractivity contribution in [3.05, 3.63) is 0 Å². The van der Waals surface area contributed by atoms with E-state index < -0.39 is 0 Å². The molecule has 1 amide bonds. The first-order valence-electron chi connectivity index (χ1n) is 6.86. The van der Waals surface area contributed by atoms with Crippen LogP contribution < -0.4 is 5.73 Å². The van der Waals surface area contributed by atoms with Crippen molar-refractivity contribution in [3.63, 3.8) is 0 Å². The molecular formula is C13H24N2O2. The monoisotopic (exact) mass is 240 g/mol. The molecular weight excluding hydrogens is 216 g/mol. The average Bonchev–Trinajstić information content (AvgIpc) is 2.38. The zero-order valence-electron chi connectivity index (χ0n) is 10.7. The smallest absolute Gasteiger partial charge is 0.226 e. The second-order valence-corrected chi connectivity index (χ2v) is 5.29. The van der Waals surface area contributed by atoms with E-state index in [1.54, 1.807) is 0 Å². The second-order valence-electron chi connectivity index (χ2n) is 5.29. The normalized spacial score (nSPS) is 34.7. The molecule has 2 aliphatic rings. The number of carbonyl (C=O) groups excluding carboxylic acids is 1. The summed E-state index contributed by atoms with van der Waals surface area (Å²) < 4.78 is 5.44. The average molecular weight is 240 g/mol. The molecule has 3 atom stereocenters. The lowest BCUT2D eigenvalue weighted by atomic mass is 9.85. The molecule has 2 rings (SSSR count). The molecule has 0 aromatic carbocycles. The van der Waals surface area contributed by atoms with Crippen molar-refractivity contribution in [2.75, 3.05) is 19.8 Å². The maximum Gasteiger partial charge on any atom is 0.226 e. The van der Waals surface area contributed by atoms with Crippen LogP contribution in [0.2, 0.25) is 0 Å². The Labute approximate surface area is 103 Å². The van der Waals surface area contributed by atoms with Gasteiger partial charge in [0.05, 0.1) is 19.3 Å². The minimum absolute atomic E-state index is 0.158. The van der Waals surface area contributed by atoms with Gasteiger partial charge in [0.25, 0.3) is 0 Å². The highest BCUT2D eigenvalue weighted by molar-refractivity contribution is 5.79. The SMILES string of the molecule is CCC1COCCN1C(=O)C1CCCC(N)C1. The Hall–Kier alpha value is -0.610. The van der Waals surface area contributed by atoms with Gasteiger partial charge in [0, 0.05) is 18.5 Å². The summed E-state index contributed by atoms with van der Waals surface area (Å²) in [5, 5.41) is 0. The van der Waals surface area contributed by atoms with Gasteiger partial charge in [0.1, 0.15) is 0 Å². The molecule has 1 aliphatic heterocycles. The van der Waals surface area contributed by atoms with Gasteiger partial charge in [-0.25, -0.2) is 0 Å². The Kier molecular flexibility index (Phi) is 4.40. The van der Waals surface area contributed by atoms with Gasteiger partial charge >= 0.3 is 0 Å². The van der Waals surface area contributed by atoms with Crippen LogP contribution in [-0.4, -0.2) is 42.6 Å². The highest BCUT2D eigenvalue weighted by Gasteiger charge is 2.33. The largest absolute Gasteiger partial charge is 0.377 e. The van der Waals surface area contributed by atoms with Gasteiger partial charge in [-0.1, -0.05) is 13.3 Å². The molecule has 1 saturated carbocycles. The van der Waals surface area contributed by atoms with Crippen LogP contribution in [0.15, 0.2) is 0 Å². The van der Waals surface area contributed by atoms with Gasteiger partial charge in [-0.05, 0) is 25.7 Å². The van der Waals surface area contributed by atoms with E-state index in [9.17, 15) is 4.79 Å². The molecule has 98 valence electrons. The Morgan fingerprint density at radius 3 is 3.00 bits per heavy atom. The standard InChI is InChI=1S/C13H24N2O2/c1-2-12-9-17-7-6-15(12)13(16)10-4-3-5-11(14)8-10/h10-12H,2-9,14H2,1H3. The van der Waals surface area contributed by atoms with E-state index in [4.69, 9.17) is 10.5 Å². The number of amides is 1. The van der Waals surface area contributed by atoms with Crippen LogP contribution in [0.4, 0.5) is 0 Å². The molecule has 2 N–H and O–H groups in total. The van der Waals surface area contributed by atoms with Gasteiger partial charge in [-0.3, -0.25) is 4.79 Å². The van der Waals surface area contributed by atoms with Crippen molar-refractivity contribution < 1.29 is 9.53 Å². The first-order valence-corrected chi connectivity index (χ1v) is 6.86. The zero-order valence-corrected chi connectivity index (χ0v) is 10.7. The molecule has 1 heterocycles. The van der Waals surface area contributed by atoms with Crippen LogP contribution >= 0.6 is 0 Å². The van der Waals surface area contributed by atoms with Crippen molar-refractivity contribution in [3.8, 4) is 0 Å². The topological polar surface area (TPSA) is 55.6 Å². The lowest BCUT2D eigenvalue weighted by Crippen LogP contribution is -2.51. The Balaban J connectivity index is 1.97. The number of rotatable bonds is 2. The van der Waals surface area contributed by atoms with E-state index >= 15 is 0 Å². The maximum absolute atomic E-state index is 12.5. The van der Waals surface area contributed by atoms with E-state index in [2.05, 4.69) is 6.92 Å². The fourth-order valence-electron chi connectivity index (χ4n) is 2.97. The zero-order chi connectivity index (χ0) is 12.3. The molecule has 0 bridgehead atoms. The highest BCUT2D eigenvalue weighted by Crippen LogP contribution is 2.26. The summed E-state index contributed by atoms with van der Waals surface area (Å²) in [6.45, 7) is 4.25. The van der Waals surface area contributed by atoms with Gasteiger partial charge in [-0.15, -0.1) is 0 Å². The summed E-state index contributed by atoms with van der Waals surface area (Å²) >= 11 is 0. The highest BCUT2D eigenvalue weighted by atomic mass is 16.5. The molecule has 4 heteroatoms. The van der Waals surface area contributed by atoms with Gasteiger partial charge < -0.3 is 15.4 Å². The summed E-state index contributed by atoms with van der Waals surface area (Å²) in [6, 6.07) is 0.494. The van der Waals surface area contributed by atoms with Crippen LogP contribution in [0, 0.1) is 5.92 Å². The van der Waals surface area contributed by atoms with Gasteiger partial charge in [0.2, 0.25) is 5.91 Å². The number of hydrogen-bond donors (Lipinski definition) is 1. The van der Waals surface area contributed by atoms with Crippen LogP contribution in [-0.2, 0) is 9.53 Å². The number of nitrogens with zero attached hydrogens (tertiary/aromatic N) is 1. The Morgan fingerprint density at radius 2 is 2.29 bits per heavy atom. The maximum atomic E-state index is 12.5. The number of hydrogen-bond acceptors (Lipinski definition) is 3. The quantitative estimate of drug-likeness (QED) is 0.787. The third kappa shape index (κ3) is 2.99. The summed E-state index contributed by atoms with van der Waals surface area (Å²) in [6.07, 6.45) is 5.03. The lowest BCUT2D eigenvalue weighted by Gasteiger charge is -2.38. The molecule has 2 fully saturated rings. The molecule has 4 nitrogen and oxygen atoms in total. The fraction of sp³-hybridized carbons (Fsp3) is 0.923. The summed E-state index contributed by atoms with van der Waals surface area (Å²) in [5.74, 6) is 0.473. The third-order valence-corrected chi connectivity index (χ3v) is 4.05. The molecule has 1 aliphatic carbocycles. The van der Waals surface area contributed by atoms with Crippen LogP contribution in [0.1, 0.15) is 39.0 Å². The first kappa shape index (κ1) is 12.8. The number of morpholine rings is 1. The number of nitrogens with two attached hydrogens (primary N) is 1. The van der Waals surface area contributed by atoms with Gasteiger partial charge in [-0.2, -0.15) is 0 Å². The second kappa shape index (κ2) is 5.83. The van der Waals surface area contributed by atoms with E-state index in [1.165, 1.54) is 0 Å². The molecule has 17 heavy (non-hydrogen) atoms. The number of carbonyl (C=O) groups is 1. The van der Waals surface area contributed by atoms with Gasteiger partial charge in [0.15, 0.2) is 0 Å². The van der Waals surface area contributed by atoms with E-state index in [0.717, 1.165) is 38.6 Å². The van der Waals surface area contributed by atoms with E-state index in [1.807, 2.05) is 4.90 Å². The van der Waals surface area contributed by atoms with Crippen molar-refractivity contribution in [1.82, 2.24) is 4.90 Å². The van der Waals surface area contributed by atoms with Crippen LogP contribution in [0.3, 0.4) is 0 Å². The predicted molar refractivity (Wildman–Crippen MR) is 66.5 cm³/mol. The lowest BCUT2D eigenvalue weighted by molar-refractivity contribution is -0.145. The third-order valence-electron chi connectivity index (χ3n) is 4.05. The summed E-state index contributed by atoms with van der Waals surface area (Å²) in [7, 11) is 0. The molecule has 0 aromatic rings. The van der Waals surface area contributed by atoms with Crippen molar-refractivity contribution >= 4 is 5.91 Å². The van der Waals surface area contributed by atoms with Crippen LogP contribution in [0.5, 0.6) is 0 Å². The summed E-state index contributed by atoms with van der Waals surface area (Å²) in [5.41, 5.74) is 5.96. The van der Waals surface area contributed by atoms with Crippen molar-refractivity contribution in [1.29, 1.82) is 0 Å². The Bertz CT molecular complexity index is 270. The predicted octanol–water partition coefficient (Wildman–Crippen LogP) is 1.14. The minimum Gasteiger partial charge on any atom is -0.377 e. The summed E-state index contributed by atoms with van der Waals surface area (Å²) in [4.78, 5) is 14.5. The van der Waals surface area contributed by atoms with Crippen LogP contribution in [0.25, 0.3) is 0 Å². The van der Waals surface area contributed by atoms with E-state index in [0.29, 0.717) is 19.1 Å². The molecule has 3 unspecified atom stereocenters. The minimum atomic E-state index is 0.158. The van der Waals surface area contributed by atoms with Crippen molar-refractivity contribution in [2.24, 2.45) is 11.7 Å². The molecule has 1 saturated heterocycles. The van der Waals surface area contributed by atoms with E-state index in [-0.39, 0.29) is 18.0 Å². The Morgan fingerprint density at radius 1 is 1.47 bits per heavy atom. The molecule has 0 aromatic heterocycles. The van der Waals surface area contributed by atoms with Crippen molar-refractivity contribution in [2.45, 2.75) is 51.1 Å².